The van der Waals surface area contributed by atoms with Crippen LogP contribution in [0.5, 0.6) is 0 Å². The molecule has 4 nitrogen and oxygen atoms in total. The van der Waals surface area contributed by atoms with Gasteiger partial charge in [0.15, 0.2) is 0 Å². The van der Waals surface area contributed by atoms with Crippen molar-refractivity contribution in [2.24, 2.45) is 23.2 Å². The van der Waals surface area contributed by atoms with Crippen molar-refractivity contribution in [3.05, 3.63) is 0 Å². The van der Waals surface area contributed by atoms with Crippen LogP contribution in [0.2, 0.25) is 0 Å². The van der Waals surface area contributed by atoms with Crippen molar-refractivity contribution in [1.82, 2.24) is 5.32 Å². The molecular weight excluding hydrogens is 254 g/mol. The summed E-state index contributed by atoms with van der Waals surface area (Å²) in [4.78, 5) is 23.6. The number of amides is 1. The highest BCUT2D eigenvalue weighted by atomic mass is 16.4. The fourth-order valence-corrected chi connectivity index (χ4v) is 3.74. The summed E-state index contributed by atoms with van der Waals surface area (Å²) in [5, 5.41) is 12.0. The maximum absolute atomic E-state index is 12.4. The first-order valence-electron chi connectivity index (χ1n) is 7.80. The molecule has 0 aromatic rings. The van der Waals surface area contributed by atoms with Gasteiger partial charge in [-0.15, -0.1) is 0 Å². The minimum absolute atomic E-state index is 0.0326. The predicted octanol–water partition coefficient (Wildman–Crippen LogP) is 2.82. The monoisotopic (exact) mass is 281 g/mol. The van der Waals surface area contributed by atoms with Crippen molar-refractivity contribution in [2.45, 2.75) is 65.3 Å². The van der Waals surface area contributed by atoms with Gasteiger partial charge in [-0.2, -0.15) is 0 Å². The molecule has 1 amide bonds. The second kappa shape index (κ2) is 5.74. The van der Waals surface area contributed by atoms with Crippen LogP contribution in [0, 0.1) is 23.2 Å². The van der Waals surface area contributed by atoms with Gasteiger partial charge in [0.1, 0.15) is 6.04 Å². The topological polar surface area (TPSA) is 66.4 Å². The lowest BCUT2D eigenvalue weighted by Gasteiger charge is -2.38. The third kappa shape index (κ3) is 4.22. The van der Waals surface area contributed by atoms with E-state index in [-0.39, 0.29) is 17.2 Å². The van der Waals surface area contributed by atoms with E-state index in [9.17, 15) is 14.7 Å². The van der Waals surface area contributed by atoms with Gasteiger partial charge in [-0.25, -0.2) is 4.79 Å². The van der Waals surface area contributed by atoms with E-state index >= 15 is 0 Å². The zero-order valence-electron chi connectivity index (χ0n) is 12.8. The zero-order chi connectivity index (χ0) is 14.9. The SMILES string of the molecule is CC1CC(C(=O)NC(CC2CC2)C(=O)O)CC(C)(C)C1. The van der Waals surface area contributed by atoms with Crippen LogP contribution in [0.1, 0.15) is 59.3 Å². The first-order valence-corrected chi connectivity index (χ1v) is 7.80. The fraction of sp³-hybridized carbons (Fsp3) is 0.875. The number of hydrogen-bond donors (Lipinski definition) is 2. The predicted molar refractivity (Wildman–Crippen MR) is 77.2 cm³/mol. The average Bonchev–Trinajstić information content (AvgIpc) is 3.09. The largest absolute Gasteiger partial charge is 0.480 e. The highest BCUT2D eigenvalue weighted by molar-refractivity contribution is 5.85. The van der Waals surface area contributed by atoms with Crippen molar-refractivity contribution < 1.29 is 14.7 Å². The fourth-order valence-electron chi connectivity index (χ4n) is 3.74. The number of carboxylic acid groups (broad SMARTS) is 1. The summed E-state index contributed by atoms with van der Waals surface area (Å²) in [6.07, 6.45) is 5.68. The summed E-state index contributed by atoms with van der Waals surface area (Å²) >= 11 is 0. The zero-order valence-corrected chi connectivity index (χ0v) is 12.8. The number of carbonyl (C=O) groups excluding carboxylic acids is 1. The lowest BCUT2D eigenvalue weighted by molar-refractivity contribution is -0.143. The smallest absolute Gasteiger partial charge is 0.326 e. The van der Waals surface area contributed by atoms with E-state index < -0.39 is 12.0 Å². The number of rotatable bonds is 5. The lowest BCUT2D eigenvalue weighted by Crippen LogP contribution is -2.46. The summed E-state index contributed by atoms with van der Waals surface area (Å²) in [5.41, 5.74) is 0.175. The normalized spacial score (nSPS) is 30.6. The molecule has 3 unspecified atom stereocenters. The molecule has 114 valence electrons. The third-order valence-corrected chi connectivity index (χ3v) is 4.64. The maximum Gasteiger partial charge on any atom is 0.326 e. The summed E-state index contributed by atoms with van der Waals surface area (Å²) in [6.45, 7) is 6.57. The molecule has 3 atom stereocenters. The number of aliphatic carboxylic acids is 1. The second-order valence-electron chi connectivity index (χ2n) is 7.69. The Kier molecular flexibility index (Phi) is 4.40. The van der Waals surface area contributed by atoms with Crippen LogP contribution in [0.15, 0.2) is 0 Å². The molecule has 2 rings (SSSR count). The Morgan fingerprint density at radius 1 is 1.30 bits per heavy atom. The molecule has 0 heterocycles. The highest BCUT2D eigenvalue weighted by Gasteiger charge is 2.37. The number of carbonyl (C=O) groups is 2. The Labute approximate surface area is 121 Å². The van der Waals surface area contributed by atoms with Crippen LogP contribution >= 0.6 is 0 Å². The van der Waals surface area contributed by atoms with E-state index in [4.69, 9.17) is 0 Å². The second-order valence-corrected chi connectivity index (χ2v) is 7.69. The molecule has 2 fully saturated rings. The van der Waals surface area contributed by atoms with E-state index in [1.807, 2.05) is 0 Å². The van der Waals surface area contributed by atoms with Crippen molar-refractivity contribution in [1.29, 1.82) is 0 Å². The maximum atomic E-state index is 12.4. The van der Waals surface area contributed by atoms with Gasteiger partial charge in [-0.3, -0.25) is 4.79 Å². The van der Waals surface area contributed by atoms with Crippen LogP contribution in [0.4, 0.5) is 0 Å². The van der Waals surface area contributed by atoms with E-state index in [0.29, 0.717) is 18.3 Å². The molecule has 0 bridgehead atoms. The molecule has 0 spiro atoms. The lowest BCUT2D eigenvalue weighted by atomic mass is 9.68. The van der Waals surface area contributed by atoms with Gasteiger partial charge in [0, 0.05) is 5.92 Å². The molecule has 20 heavy (non-hydrogen) atoms. The minimum Gasteiger partial charge on any atom is -0.480 e. The van der Waals surface area contributed by atoms with Crippen molar-refractivity contribution >= 4 is 11.9 Å². The molecular formula is C16H27NO3. The Bertz CT molecular complexity index is 387. The minimum atomic E-state index is -0.895. The quantitative estimate of drug-likeness (QED) is 0.814. The van der Waals surface area contributed by atoms with Crippen molar-refractivity contribution in [2.75, 3.05) is 0 Å². The summed E-state index contributed by atoms with van der Waals surface area (Å²) in [5.74, 6) is 0.0418. The first kappa shape index (κ1) is 15.3. The Morgan fingerprint density at radius 2 is 1.95 bits per heavy atom. The van der Waals surface area contributed by atoms with Crippen LogP contribution in [0.25, 0.3) is 0 Å². The molecule has 2 aliphatic carbocycles. The van der Waals surface area contributed by atoms with E-state index in [1.54, 1.807) is 0 Å². The molecule has 2 N–H and O–H groups in total. The molecule has 4 heteroatoms. The van der Waals surface area contributed by atoms with Gasteiger partial charge >= 0.3 is 5.97 Å². The molecule has 0 aromatic heterocycles. The van der Waals surface area contributed by atoms with E-state index in [2.05, 4.69) is 26.1 Å². The van der Waals surface area contributed by atoms with Crippen molar-refractivity contribution in [3.63, 3.8) is 0 Å². The standard InChI is InChI=1S/C16H27NO3/c1-10-6-12(9-16(2,3)8-10)14(18)17-13(15(19)20)7-11-4-5-11/h10-13H,4-9H2,1-3H3,(H,17,18)(H,19,20). The van der Waals surface area contributed by atoms with Gasteiger partial charge in [0.05, 0.1) is 0 Å². The van der Waals surface area contributed by atoms with Crippen molar-refractivity contribution in [3.8, 4) is 0 Å². The number of carboxylic acids is 1. The summed E-state index contributed by atoms with van der Waals surface area (Å²) in [7, 11) is 0. The third-order valence-electron chi connectivity index (χ3n) is 4.64. The summed E-state index contributed by atoms with van der Waals surface area (Å²) in [6, 6.07) is -0.699. The Hall–Kier alpha value is -1.06. The number of nitrogens with one attached hydrogen (secondary N) is 1. The van der Waals surface area contributed by atoms with Gasteiger partial charge in [-0.1, -0.05) is 33.6 Å². The Morgan fingerprint density at radius 3 is 2.45 bits per heavy atom. The Balaban J connectivity index is 1.93. The molecule has 2 saturated carbocycles. The van der Waals surface area contributed by atoms with Crippen LogP contribution < -0.4 is 5.32 Å². The van der Waals surface area contributed by atoms with Crippen LogP contribution in [-0.4, -0.2) is 23.0 Å². The van der Waals surface area contributed by atoms with Crippen LogP contribution in [0.3, 0.4) is 0 Å². The highest BCUT2D eigenvalue weighted by Crippen LogP contribution is 2.41. The molecule has 2 aliphatic rings. The van der Waals surface area contributed by atoms with Gasteiger partial charge < -0.3 is 10.4 Å². The molecule has 0 aliphatic heterocycles. The van der Waals surface area contributed by atoms with E-state index in [1.165, 1.54) is 0 Å². The number of hydrogen-bond acceptors (Lipinski definition) is 2. The molecule has 0 aromatic carbocycles. The average molecular weight is 281 g/mol. The molecule has 0 radical (unpaired) electrons. The summed E-state index contributed by atoms with van der Waals surface area (Å²) < 4.78 is 0. The van der Waals surface area contributed by atoms with Gasteiger partial charge in [-0.05, 0) is 42.9 Å². The van der Waals surface area contributed by atoms with Gasteiger partial charge in [0.25, 0.3) is 0 Å². The van der Waals surface area contributed by atoms with E-state index in [0.717, 1.165) is 32.1 Å². The first-order chi connectivity index (χ1) is 9.27. The molecule has 0 saturated heterocycles. The van der Waals surface area contributed by atoms with Crippen LogP contribution in [-0.2, 0) is 9.59 Å². The van der Waals surface area contributed by atoms with Gasteiger partial charge in [0.2, 0.25) is 5.91 Å².